The van der Waals surface area contributed by atoms with E-state index in [9.17, 15) is 8.42 Å². The second kappa shape index (κ2) is 4.68. The van der Waals surface area contributed by atoms with E-state index in [0.29, 0.717) is 5.69 Å². The molecule has 0 bridgehead atoms. The second-order valence-corrected chi connectivity index (χ2v) is 6.60. The Kier molecular flexibility index (Phi) is 3.35. The van der Waals surface area contributed by atoms with Crippen molar-refractivity contribution in [3.63, 3.8) is 0 Å². The Labute approximate surface area is 115 Å². The van der Waals surface area contributed by atoms with Crippen LogP contribution >= 0.6 is 10.7 Å². The quantitative estimate of drug-likeness (QED) is 0.797. The molecule has 0 saturated carbocycles. The van der Waals surface area contributed by atoms with Gasteiger partial charge in [-0.2, -0.15) is 10.4 Å². The SMILES string of the molecule is Cc1ccc(-n2ncc(C#N)c2S(=O)(=O)Cl)c(C)c1. The van der Waals surface area contributed by atoms with Gasteiger partial charge >= 0.3 is 0 Å². The fourth-order valence-corrected chi connectivity index (χ4v) is 3.02. The summed E-state index contributed by atoms with van der Waals surface area (Å²) in [7, 11) is 1.33. The fourth-order valence-electron chi connectivity index (χ4n) is 1.86. The normalized spacial score (nSPS) is 11.3. The Balaban J connectivity index is 2.78. The van der Waals surface area contributed by atoms with Gasteiger partial charge in [0.1, 0.15) is 11.6 Å². The lowest BCUT2D eigenvalue weighted by Crippen LogP contribution is -2.07. The van der Waals surface area contributed by atoms with Crippen LogP contribution in [0.4, 0.5) is 0 Å². The average molecular weight is 296 g/mol. The first-order valence-corrected chi connectivity index (χ1v) is 7.66. The minimum absolute atomic E-state index is 0.0741. The molecule has 0 N–H and O–H groups in total. The summed E-state index contributed by atoms with van der Waals surface area (Å²) in [6.45, 7) is 3.76. The van der Waals surface area contributed by atoms with Gasteiger partial charge in [0.05, 0.1) is 11.9 Å². The lowest BCUT2D eigenvalue weighted by molar-refractivity contribution is 0.599. The van der Waals surface area contributed by atoms with E-state index >= 15 is 0 Å². The highest BCUT2D eigenvalue weighted by Gasteiger charge is 2.24. The third-order valence-electron chi connectivity index (χ3n) is 2.66. The van der Waals surface area contributed by atoms with Gasteiger partial charge in [-0.15, -0.1) is 0 Å². The largest absolute Gasteiger partial charge is 0.280 e. The molecule has 5 nitrogen and oxygen atoms in total. The number of benzene rings is 1. The molecule has 1 heterocycles. The average Bonchev–Trinajstić information content (AvgIpc) is 2.72. The molecule has 0 saturated heterocycles. The molecule has 98 valence electrons. The third-order valence-corrected chi connectivity index (χ3v) is 3.95. The van der Waals surface area contributed by atoms with Crippen molar-refractivity contribution >= 4 is 19.7 Å². The van der Waals surface area contributed by atoms with Gasteiger partial charge in [0.15, 0.2) is 5.03 Å². The molecule has 0 spiro atoms. The van der Waals surface area contributed by atoms with E-state index < -0.39 is 9.05 Å². The molecule has 7 heteroatoms. The van der Waals surface area contributed by atoms with Crippen molar-refractivity contribution in [2.24, 2.45) is 0 Å². The Morgan fingerprint density at radius 3 is 2.58 bits per heavy atom. The van der Waals surface area contributed by atoms with Crippen LogP contribution in [-0.2, 0) is 9.05 Å². The number of aromatic nitrogens is 2. The molecule has 0 radical (unpaired) electrons. The predicted molar refractivity (Wildman–Crippen MR) is 70.8 cm³/mol. The monoisotopic (exact) mass is 295 g/mol. The van der Waals surface area contributed by atoms with Gasteiger partial charge < -0.3 is 0 Å². The number of hydrogen-bond acceptors (Lipinski definition) is 4. The first-order valence-electron chi connectivity index (χ1n) is 5.35. The van der Waals surface area contributed by atoms with Gasteiger partial charge in [-0.3, -0.25) is 0 Å². The van der Waals surface area contributed by atoms with Crippen molar-refractivity contribution in [1.29, 1.82) is 5.26 Å². The zero-order valence-corrected chi connectivity index (χ0v) is 11.8. The lowest BCUT2D eigenvalue weighted by Gasteiger charge is -2.09. The molecule has 0 aliphatic rings. The summed E-state index contributed by atoms with van der Waals surface area (Å²) < 4.78 is 24.4. The van der Waals surface area contributed by atoms with E-state index in [-0.39, 0.29) is 10.6 Å². The van der Waals surface area contributed by atoms with Gasteiger partial charge in [0.2, 0.25) is 0 Å². The van der Waals surface area contributed by atoms with E-state index in [2.05, 4.69) is 5.10 Å². The number of nitriles is 1. The summed E-state index contributed by atoms with van der Waals surface area (Å²) in [6, 6.07) is 7.25. The maximum atomic E-state index is 11.6. The molecule has 0 amide bonds. The van der Waals surface area contributed by atoms with E-state index in [0.717, 1.165) is 11.1 Å². The molecule has 1 aromatic heterocycles. The highest BCUT2D eigenvalue weighted by molar-refractivity contribution is 8.13. The molecular formula is C12H10ClN3O2S. The molecule has 19 heavy (non-hydrogen) atoms. The maximum absolute atomic E-state index is 11.6. The Hall–Kier alpha value is -1.84. The molecule has 2 aromatic rings. The lowest BCUT2D eigenvalue weighted by atomic mass is 10.1. The van der Waals surface area contributed by atoms with Crippen LogP contribution in [0.3, 0.4) is 0 Å². The predicted octanol–water partition coefficient (Wildman–Crippen LogP) is 2.29. The van der Waals surface area contributed by atoms with Gasteiger partial charge in [-0.05, 0) is 25.5 Å². The van der Waals surface area contributed by atoms with Gasteiger partial charge in [0.25, 0.3) is 9.05 Å². The molecule has 0 aliphatic heterocycles. The first kappa shape index (κ1) is 13.6. The highest BCUT2D eigenvalue weighted by Crippen LogP contribution is 2.25. The molecule has 0 unspecified atom stereocenters. The standard InChI is InChI=1S/C12H10ClN3O2S/c1-8-3-4-11(9(2)5-8)16-12(19(13,17)18)10(6-14)7-15-16/h3-5,7H,1-2H3. The van der Waals surface area contributed by atoms with Crippen molar-refractivity contribution in [1.82, 2.24) is 9.78 Å². The van der Waals surface area contributed by atoms with Crippen LogP contribution in [0.5, 0.6) is 0 Å². The highest BCUT2D eigenvalue weighted by atomic mass is 35.7. The fraction of sp³-hybridized carbons (Fsp3) is 0.167. The minimum Gasteiger partial charge on any atom is -0.219 e. The summed E-state index contributed by atoms with van der Waals surface area (Å²) in [4.78, 5) is 0. The molecule has 0 fully saturated rings. The second-order valence-electron chi connectivity index (χ2n) is 4.11. The van der Waals surface area contributed by atoms with Crippen molar-refractivity contribution in [2.75, 3.05) is 0 Å². The van der Waals surface area contributed by atoms with Gasteiger partial charge in [-0.25, -0.2) is 13.1 Å². The van der Waals surface area contributed by atoms with E-state index in [1.165, 1.54) is 10.9 Å². The zero-order valence-electron chi connectivity index (χ0n) is 10.3. The summed E-state index contributed by atoms with van der Waals surface area (Å²) in [5, 5.41) is 12.6. The molecular weight excluding hydrogens is 286 g/mol. The Morgan fingerprint density at radius 2 is 2.05 bits per heavy atom. The Morgan fingerprint density at radius 1 is 1.37 bits per heavy atom. The van der Waals surface area contributed by atoms with Crippen LogP contribution in [0.1, 0.15) is 16.7 Å². The number of halogens is 1. The first-order chi connectivity index (χ1) is 8.84. The van der Waals surface area contributed by atoms with Crippen LogP contribution in [0.2, 0.25) is 0 Å². The van der Waals surface area contributed by atoms with Crippen LogP contribution in [-0.4, -0.2) is 18.2 Å². The van der Waals surface area contributed by atoms with Gasteiger partial charge in [0, 0.05) is 10.7 Å². The van der Waals surface area contributed by atoms with Gasteiger partial charge in [-0.1, -0.05) is 17.7 Å². The van der Waals surface area contributed by atoms with Crippen molar-refractivity contribution in [3.8, 4) is 11.8 Å². The summed E-state index contributed by atoms with van der Waals surface area (Å²) in [5.41, 5.74) is 2.39. The van der Waals surface area contributed by atoms with Crippen molar-refractivity contribution in [3.05, 3.63) is 41.1 Å². The van der Waals surface area contributed by atoms with E-state index in [1.807, 2.05) is 26.0 Å². The van der Waals surface area contributed by atoms with Crippen LogP contribution < -0.4 is 0 Å². The van der Waals surface area contributed by atoms with E-state index in [1.54, 1.807) is 12.1 Å². The summed E-state index contributed by atoms with van der Waals surface area (Å²) >= 11 is 0. The summed E-state index contributed by atoms with van der Waals surface area (Å²) in [6.07, 6.45) is 1.19. The molecule has 0 aliphatic carbocycles. The number of rotatable bonds is 2. The zero-order chi connectivity index (χ0) is 14.2. The van der Waals surface area contributed by atoms with Crippen molar-refractivity contribution in [2.45, 2.75) is 18.9 Å². The van der Waals surface area contributed by atoms with Crippen LogP contribution in [0.15, 0.2) is 29.4 Å². The maximum Gasteiger partial charge on any atom is 0.280 e. The Bertz CT molecular complexity index is 788. The van der Waals surface area contributed by atoms with Crippen molar-refractivity contribution < 1.29 is 8.42 Å². The van der Waals surface area contributed by atoms with E-state index in [4.69, 9.17) is 15.9 Å². The molecule has 2 rings (SSSR count). The number of aryl methyl sites for hydroxylation is 2. The smallest absolute Gasteiger partial charge is 0.219 e. The minimum atomic E-state index is -4.06. The molecule has 1 aromatic carbocycles. The topological polar surface area (TPSA) is 75.8 Å². The summed E-state index contributed by atoms with van der Waals surface area (Å²) in [5.74, 6) is 0. The molecule has 0 atom stereocenters. The number of nitrogens with zero attached hydrogens (tertiary/aromatic N) is 3. The van der Waals surface area contributed by atoms with Crippen LogP contribution in [0.25, 0.3) is 5.69 Å². The third kappa shape index (κ3) is 2.48. The van der Waals surface area contributed by atoms with Crippen LogP contribution in [0, 0.1) is 25.2 Å². The number of hydrogen-bond donors (Lipinski definition) is 0.